The van der Waals surface area contributed by atoms with Crippen molar-refractivity contribution in [2.45, 2.75) is 30.9 Å². The van der Waals surface area contributed by atoms with Gasteiger partial charge in [-0.25, -0.2) is 11.6 Å². The summed E-state index contributed by atoms with van der Waals surface area (Å²) < 4.78 is 7.05. The Kier molecular flexibility index (Phi) is 9.05. The number of hydrogen-bond acceptors (Lipinski definition) is 7. The fourth-order valence-electron chi connectivity index (χ4n) is 4.70. The highest BCUT2D eigenvalue weighted by Crippen LogP contribution is 2.50. The minimum Gasteiger partial charge on any atom is -0.485 e. The van der Waals surface area contributed by atoms with Crippen LogP contribution >= 0.6 is 15.9 Å². The van der Waals surface area contributed by atoms with Crippen molar-refractivity contribution in [2.24, 2.45) is 10.7 Å². The Morgan fingerprint density at radius 1 is 1.20 bits per heavy atom. The molecular weight excluding hydrogens is 575 g/mol. The molecule has 9 nitrogen and oxygen atoms in total. The van der Waals surface area contributed by atoms with Crippen LogP contribution in [0.2, 0.25) is 0 Å². The molecule has 2 aliphatic rings. The van der Waals surface area contributed by atoms with E-state index in [1.165, 1.54) is 11.0 Å². The molecule has 2 unspecified atom stereocenters. The summed E-state index contributed by atoms with van der Waals surface area (Å²) in [6.45, 7) is 6.93. The van der Waals surface area contributed by atoms with E-state index in [1.54, 1.807) is 25.2 Å². The average Bonchev–Trinajstić information content (AvgIpc) is 3.17. The second kappa shape index (κ2) is 12.5. The number of likely N-dealkylation sites (N-methyl/N-ethyl adjacent to an activating group) is 1. The molecule has 1 amide bonds. The first-order valence-electron chi connectivity index (χ1n) is 12.6. The summed E-state index contributed by atoms with van der Waals surface area (Å²) in [6.07, 6.45) is 1.01. The second-order valence-electron chi connectivity index (χ2n) is 9.46. The number of amides is 1. The van der Waals surface area contributed by atoms with Gasteiger partial charge in [0.2, 0.25) is 6.54 Å². The third-order valence-electron chi connectivity index (χ3n) is 6.80. The quantitative estimate of drug-likeness (QED) is 0.172. The summed E-state index contributed by atoms with van der Waals surface area (Å²) in [5, 5.41) is 17.9. The highest BCUT2D eigenvalue weighted by molar-refractivity contribution is 9.10. The fourth-order valence-corrected chi connectivity index (χ4v) is 5.06. The normalized spacial score (nSPS) is 19.1. The van der Waals surface area contributed by atoms with Gasteiger partial charge in [-0.15, -0.1) is 0 Å². The van der Waals surface area contributed by atoms with E-state index >= 15 is 0 Å². The summed E-state index contributed by atoms with van der Waals surface area (Å²) in [4.78, 5) is 33.8. The first-order chi connectivity index (χ1) is 19.2. The fraction of sp³-hybridized carbons (Fsp3) is 0.241. The maximum absolute atomic E-state index is 13.0. The summed E-state index contributed by atoms with van der Waals surface area (Å²) in [5.41, 5.74) is 7.45. The zero-order valence-corrected chi connectivity index (χ0v) is 23.4. The zero-order chi connectivity index (χ0) is 28.9. The lowest BCUT2D eigenvalue weighted by Gasteiger charge is -2.36. The van der Waals surface area contributed by atoms with Gasteiger partial charge in [0.25, 0.3) is 5.91 Å². The topological polar surface area (TPSA) is 130 Å². The molecule has 2 aliphatic heterocycles. The summed E-state index contributed by atoms with van der Waals surface area (Å²) in [5.74, 6) is 0.702. The van der Waals surface area contributed by atoms with Gasteiger partial charge in [-0.3, -0.25) is 14.5 Å². The van der Waals surface area contributed by atoms with Crippen molar-refractivity contribution in [3.8, 4) is 5.75 Å². The molecule has 0 fully saturated rings. The maximum Gasteiger partial charge on any atom is 0.488 e. The number of guanidine groups is 1. The van der Waals surface area contributed by atoms with Gasteiger partial charge in [-0.2, -0.15) is 0 Å². The van der Waals surface area contributed by atoms with E-state index in [1.807, 2.05) is 48.5 Å². The Morgan fingerprint density at radius 2 is 1.95 bits per heavy atom. The molecule has 5 rings (SSSR count). The van der Waals surface area contributed by atoms with Gasteiger partial charge in [-0.05, 0) is 29.2 Å². The lowest BCUT2D eigenvalue weighted by molar-refractivity contribution is -0.132. The van der Waals surface area contributed by atoms with Gasteiger partial charge < -0.3 is 25.4 Å². The number of ether oxygens (including phenoxy) is 1. The summed E-state index contributed by atoms with van der Waals surface area (Å²) in [6, 6.07) is 21.8. The Balaban J connectivity index is 0.000000202. The van der Waals surface area contributed by atoms with Crippen molar-refractivity contribution in [3.05, 3.63) is 105 Å². The highest BCUT2D eigenvalue weighted by atomic mass is 79.9. The van der Waals surface area contributed by atoms with Gasteiger partial charge >= 0.3 is 7.12 Å². The number of ketones is 1. The number of rotatable bonds is 6. The van der Waals surface area contributed by atoms with Crippen LogP contribution in [0.3, 0.4) is 0 Å². The van der Waals surface area contributed by atoms with Gasteiger partial charge in [0, 0.05) is 41.9 Å². The predicted molar refractivity (Wildman–Crippen MR) is 156 cm³/mol. The number of nitrogens with zero attached hydrogens (tertiary/aromatic N) is 3. The molecule has 0 saturated carbocycles. The third-order valence-corrected chi connectivity index (χ3v) is 7.29. The van der Waals surface area contributed by atoms with Crippen molar-refractivity contribution < 1.29 is 24.4 Å². The van der Waals surface area contributed by atoms with Crippen LogP contribution in [-0.2, 0) is 10.3 Å². The smallest absolute Gasteiger partial charge is 0.485 e. The van der Waals surface area contributed by atoms with Crippen LogP contribution in [-0.4, -0.2) is 53.3 Å². The Labute approximate surface area is 241 Å². The maximum atomic E-state index is 13.0. The van der Waals surface area contributed by atoms with Gasteiger partial charge in [-0.1, -0.05) is 70.5 Å². The van der Waals surface area contributed by atoms with Crippen molar-refractivity contribution in [2.75, 3.05) is 13.6 Å². The third kappa shape index (κ3) is 6.10. The molecule has 204 valence electrons. The van der Waals surface area contributed by atoms with Crippen LogP contribution < -0.4 is 15.9 Å². The molecule has 4 N–H and O–H groups in total. The minimum atomic E-state index is -1.56. The Bertz CT molecular complexity index is 1480. The van der Waals surface area contributed by atoms with Crippen LogP contribution in [0.4, 0.5) is 0 Å². The number of halogens is 1. The predicted octanol–water partition coefficient (Wildman–Crippen LogP) is 3.20. The number of carbonyl (C=O) groups excluding carboxylic acids is 2. The van der Waals surface area contributed by atoms with E-state index < -0.39 is 12.7 Å². The summed E-state index contributed by atoms with van der Waals surface area (Å²) >= 11 is 3.47. The van der Waals surface area contributed by atoms with Crippen LogP contribution in [0.1, 0.15) is 46.9 Å². The standard InChI is InChI=1S/C18H16BrN3O2.C11H12BNO3/c1-22-16(23)18(21-17(22)20)10-15(11-5-3-2-4-6-11)24-14-8-7-12(19)9-13(14)18;1-13-7-3-6-11(14)9-4-2-5-10(8-9)12(15)16/h2-9,15H,10H2,1H3,(H2,20,21);2,4-5,8,15-16H,3,6-7H2. The van der Waals surface area contributed by atoms with E-state index in [0.717, 1.165) is 15.6 Å². The number of hydrogen-bond donors (Lipinski definition) is 3. The molecule has 1 spiro atoms. The van der Waals surface area contributed by atoms with Gasteiger partial charge in [0.05, 0.1) is 0 Å². The van der Waals surface area contributed by atoms with Crippen molar-refractivity contribution in [1.29, 1.82) is 0 Å². The van der Waals surface area contributed by atoms with E-state index in [2.05, 4.69) is 25.8 Å². The molecule has 0 saturated heterocycles. The SMILES string of the molecule is CN1C(=O)C2(CC(c3ccccc3)Oc3ccc(Br)cc32)N=C1N.[C-]#[N+]CCCC(=O)c1cccc(B(O)O)c1. The van der Waals surface area contributed by atoms with Crippen molar-refractivity contribution >= 4 is 46.2 Å². The molecule has 3 aromatic carbocycles. The largest absolute Gasteiger partial charge is 0.488 e. The highest BCUT2D eigenvalue weighted by Gasteiger charge is 2.53. The van der Waals surface area contributed by atoms with Gasteiger partial charge in [0.15, 0.2) is 17.3 Å². The van der Waals surface area contributed by atoms with Gasteiger partial charge in [0.1, 0.15) is 11.9 Å². The van der Waals surface area contributed by atoms with Crippen LogP contribution in [0, 0.1) is 6.57 Å². The molecule has 2 heterocycles. The van der Waals surface area contributed by atoms with E-state index in [9.17, 15) is 9.59 Å². The summed E-state index contributed by atoms with van der Waals surface area (Å²) in [7, 11) is 0.0941. The molecule has 0 bridgehead atoms. The first-order valence-corrected chi connectivity index (χ1v) is 13.4. The monoisotopic (exact) mass is 602 g/mol. The van der Waals surface area contributed by atoms with Crippen LogP contribution in [0.15, 0.2) is 82.3 Å². The molecule has 11 heteroatoms. The first kappa shape index (κ1) is 29.0. The molecule has 0 aliphatic carbocycles. The minimum absolute atomic E-state index is 0.0776. The molecule has 2 atom stereocenters. The van der Waals surface area contributed by atoms with Crippen molar-refractivity contribution in [1.82, 2.24) is 4.90 Å². The molecule has 3 aromatic rings. The Morgan fingerprint density at radius 3 is 2.60 bits per heavy atom. The molecule has 0 radical (unpaired) electrons. The number of benzene rings is 3. The van der Waals surface area contributed by atoms with Crippen molar-refractivity contribution in [3.63, 3.8) is 0 Å². The zero-order valence-electron chi connectivity index (χ0n) is 21.8. The molecule has 40 heavy (non-hydrogen) atoms. The van der Waals surface area contributed by atoms with E-state index in [0.29, 0.717) is 42.6 Å². The number of Topliss-reactive ketones (excluding diaryl/α,β-unsaturated/α-hetero) is 1. The molecule has 0 aromatic heterocycles. The number of fused-ring (bicyclic) bond motifs is 2. The van der Waals surface area contributed by atoms with E-state index in [-0.39, 0.29) is 23.8 Å². The number of aliphatic imine (C=N–C) groups is 1. The Hall–Kier alpha value is -3.98. The number of nitrogens with two attached hydrogens (primary N) is 1. The molecular formula is C29H28BBrN4O5. The lowest BCUT2D eigenvalue weighted by atomic mass is 9.79. The average molecular weight is 603 g/mol. The lowest BCUT2D eigenvalue weighted by Crippen LogP contribution is -2.43. The number of carbonyl (C=O) groups is 2. The van der Waals surface area contributed by atoms with Crippen LogP contribution in [0.25, 0.3) is 4.85 Å². The van der Waals surface area contributed by atoms with Crippen LogP contribution in [0.5, 0.6) is 5.75 Å². The van der Waals surface area contributed by atoms with E-state index in [4.69, 9.17) is 27.1 Å². The second-order valence-corrected chi connectivity index (χ2v) is 10.4.